The SMILES string of the molecule is CC1(CNCc2ncccn2)CCCO1. The zero-order chi connectivity index (χ0) is 10.6. The Labute approximate surface area is 90.1 Å². The average molecular weight is 207 g/mol. The maximum Gasteiger partial charge on any atom is 0.141 e. The molecule has 0 aromatic carbocycles. The van der Waals surface area contributed by atoms with Gasteiger partial charge in [-0.2, -0.15) is 0 Å². The first-order chi connectivity index (χ1) is 7.29. The summed E-state index contributed by atoms with van der Waals surface area (Å²) in [6.45, 7) is 4.61. The second kappa shape index (κ2) is 4.68. The van der Waals surface area contributed by atoms with Crippen molar-refractivity contribution in [3.8, 4) is 0 Å². The summed E-state index contributed by atoms with van der Waals surface area (Å²) in [6.07, 6.45) is 5.82. The van der Waals surface area contributed by atoms with Crippen LogP contribution in [0, 0.1) is 0 Å². The summed E-state index contributed by atoms with van der Waals surface area (Å²) in [4.78, 5) is 8.30. The van der Waals surface area contributed by atoms with Crippen molar-refractivity contribution in [1.82, 2.24) is 15.3 Å². The third-order valence-electron chi connectivity index (χ3n) is 2.70. The quantitative estimate of drug-likeness (QED) is 0.804. The summed E-state index contributed by atoms with van der Waals surface area (Å²) in [5.41, 5.74) is 0.00871. The Kier molecular flexibility index (Phi) is 3.28. The number of aromatic nitrogens is 2. The van der Waals surface area contributed by atoms with E-state index in [1.54, 1.807) is 12.4 Å². The van der Waals surface area contributed by atoms with Crippen molar-refractivity contribution in [3.63, 3.8) is 0 Å². The number of hydrogen-bond acceptors (Lipinski definition) is 4. The summed E-state index contributed by atoms with van der Waals surface area (Å²) in [6, 6.07) is 1.82. The van der Waals surface area contributed by atoms with E-state index in [0.29, 0.717) is 6.54 Å². The molecular weight excluding hydrogens is 190 g/mol. The van der Waals surface area contributed by atoms with Crippen LogP contribution < -0.4 is 5.32 Å². The molecule has 0 radical (unpaired) electrons. The van der Waals surface area contributed by atoms with Crippen LogP contribution in [0.2, 0.25) is 0 Å². The zero-order valence-corrected chi connectivity index (χ0v) is 9.07. The molecule has 1 N–H and O–H groups in total. The molecule has 2 rings (SSSR count). The number of rotatable bonds is 4. The first-order valence-corrected chi connectivity index (χ1v) is 5.39. The van der Waals surface area contributed by atoms with Gasteiger partial charge in [0.1, 0.15) is 5.82 Å². The van der Waals surface area contributed by atoms with E-state index in [-0.39, 0.29) is 5.60 Å². The van der Waals surface area contributed by atoms with Gasteiger partial charge in [0.05, 0.1) is 12.1 Å². The van der Waals surface area contributed by atoms with Gasteiger partial charge in [0.2, 0.25) is 0 Å². The Bertz CT molecular complexity index is 296. The van der Waals surface area contributed by atoms with Crippen LogP contribution >= 0.6 is 0 Å². The Hall–Kier alpha value is -1.00. The molecule has 0 aliphatic carbocycles. The van der Waals surface area contributed by atoms with Crippen LogP contribution in [-0.2, 0) is 11.3 Å². The highest BCUT2D eigenvalue weighted by Gasteiger charge is 2.28. The van der Waals surface area contributed by atoms with Crippen molar-refractivity contribution in [1.29, 1.82) is 0 Å². The lowest BCUT2D eigenvalue weighted by atomic mass is 10.0. The van der Waals surface area contributed by atoms with Crippen LogP contribution in [-0.4, -0.2) is 28.7 Å². The molecular formula is C11H17N3O. The third kappa shape index (κ3) is 2.97. The van der Waals surface area contributed by atoms with Crippen LogP contribution in [0.4, 0.5) is 0 Å². The molecule has 1 unspecified atom stereocenters. The fraction of sp³-hybridized carbons (Fsp3) is 0.636. The molecule has 0 amide bonds. The highest BCUT2D eigenvalue weighted by Crippen LogP contribution is 2.23. The predicted octanol–water partition coefficient (Wildman–Crippen LogP) is 1.14. The summed E-state index contributed by atoms with van der Waals surface area (Å²) in [7, 11) is 0. The van der Waals surface area contributed by atoms with Gasteiger partial charge >= 0.3 is 0 Å². The number of nitrogens with one attached hydrogen (secondary N) is 1. The van der Waals surface area contributed by atoms with E-state index in [4.69, 9.17) is 4.74 Å². The summed E-state index contributed by atoms with van der Waals surface area (Å²) >= 11 is 0. The summed E-state index contributed by atoms with van der Waals surface area (Å²) in [5, 5.41) is 3.33. The van der Waals surface area contributed by atoms with Gasteiger partial charge in [0, 0.05) is 25.5 Å². The minimum absolute atomic E-state index is 0.00871. The Balaban J connectivity index is 1.75. The molecule has 1 aliphatic heterocycles. The molecule has 1 fully saturated rings. The molecule has 1 saturated heterocycles. The van der Waals surface area contributed by atoms with Crippen LogP contribution in [0.3, 0.4) is 0 Å². The predicted molar refractivity (Wildman–Crippen MR) is 57.3 cm³/mol. The lowest BCUT2D eigenvalue weighted by molar-refractivity contribution is 0.0205. The standard InChI is InChI=1S/C11H17N3O/c1-11(4-2-7-15-11)9-12-8-10-13-5-3-6-14-10/h3,5-6,12H,2,4,7-9H2,1H3. The highest BCUT2D eigenvalue weighted by molar-refractivity contribution is 4.89. The van der Waals surface area contributed by atoms with Gasteiger partial charge in [0.25, 0.3) is 0 Å². The van der Waals surface area contributed by atoms with E-state index in [0.717, 1.165) is 25.4 Å². The van der Waals surface area contributed by atoms with Crippen LogP contribution in [0.15, 0.2) is 18.5 Å². The molecule has 4 heteroatoms. The van der Waals surface area contributed by atoms with Crippen LogP contribution in [0.25, 0.3) is 0 Å². The molecule has 0 saturated carbocycles. The maximum absolute atomic E-state index is 5.68. The monoisotopic (exact) mass is 207 g/mol. The third-order valence-corrected chi connectivity index (χ3v) is 2.70. The van der Waals surface area contributed by atoms with Gasteiger partial charge in [-0.1, -0.05) is 0 Å². The van der Waals surface area contributed by atoms with E-state index >= 15 is 0 Å². The topological polar surface area (TPSA) is 47.0 Å². The Morgan fingerprint density at radius 3 is 2.93 bits per heavy atom. The zero-order valence-electron chi connectivity index (χ0n) is 9.07. The minimum Gasteiger partial charge on any atom is -0.374 e. The number of nitrogens with zero attached hydrogens (tertiary/aromatic N) is 2. The summed E-state index contributed by atoms with van der Waals surface area (Å²) < 4.78 is 5.68. The first-order valence-electron chi connectivity index (χ1n) is 5.39. The normalized spacial score (nSPS) is 25.7. The first kappa shape index (κ1) is 10.5. The Morgan fingerprint density at radius 1 is 1.47 bits per heavy atom. The smallest absolute Gasteiger partial charge is 0.141 e. The molecule has 0 bridgehead atoms. The molecule has 1 aliphatic rings. The lowest BCUT2D eigenvalue weighted by Gasteiger charge is -2.23. The van der Waals surface area contributed by atoms with Gasteiger partial charge in [-0.15, -0.1) is 0 Å². The molecule has 1 atom stereocenters. The van der Waals surface area contributed by atoms with E-state index in [9.17, 15) is 0 Å². The second-order valence-electron chi connectivity index (χ2n) is 4.17. The van der Waals surface area contributed by atoms with Gasteiger partial charge in [-0.3, -0.25) is 0 Å². The van der Waals surface area contributed by atoms with E-state index < -0.39 is 0 Å². The average Bonchev–Trinajstić information content (AvgIpc) is 2.67. The lowest BCUT2D eigenvalue weighted by Crippen LogP contribution is -2.37. The molecule has 2 heterocycles. The maximum atomic E-state index is 5.68. The van der Waals surface area contributed by atoms with Crippen molar-refractivity contribution in [2.75, 3.05) is 13.2 Å². The van der Waals surface area contributed by atoms with Crippen LogP contribution in [0.1, 0.15) is 25.6 Å². The van der Waals surface area contributed by atoms with Crippen molar-refractivity contribution in [2.45, 2.75) is 31.9 Å². The van der Waals surface area contributed by atoms with Crippen molar-refractivity contribution < 1.29 is 4.74 Å². The van der Waals surface area contributed by atoms with E-state index in [1.165, 1.54) is 6.42 Å². The van der Waals surface area contributed by atoms with Crippen molar-refractivity contribution in [2.24, 2.45) is 0 Å². The minimum atomic E-state index is 0.00871. The number of hydrogen-bond donors (Lipinski definition) is 1. The number of ether oxygens (including phenoxy) is 1. The summed E-state index contributed by atoms with van der Waals surface area (Å²) in [5.74, 6) is 0.832. The molecule has 4 nitrogen and oxygen atoms in total. The van der Waals surface area contributed by atoms with Gasteiger partial charge in [-0.05, 0) is 25.8 Å². The molecule has 15 heavy (non-hydrogen) atoms. The van der Waals surface area contributed by atoms with E-state index in [1.807, 2.05) is 6.07 Å². The van der Waals surface area contributed by atoms with Gasteiger partial charge in [-0.25, -0.2) is 9.97 Å². The van der Waals surface area contributed by atoms with Gasteiger partial charge in [0.15, 0.2) is 0 Å². The van der Waals surface area contributed by atoms with Crippen molar-refractivity contribution >= 4 is 0 Å². The van der Waals surface area contributed by atoms with Gasteiger partial charge < -0.3 is 10.1 Å². The van der Waals surface area contributed by atoms with Crippen molar-refractivity contribution in [3.05, 3.63) is 24.3 Å². The van der Waals surface area contributed by atoms with E-state index in [2.05, 4.69) is 22.2 Å². The second-order valence-corrected chi connectivity index (χ2v) is 4.17. The Morgan fingerprint density at radius 2 is 2.27 bits per heavy atom. The highest BCUT2D eigenvalue weighted by atomic mass is 16.5. The van der Waals surface area contributed by atoms with Crippen LogP contribution in [0.5, 0.6) is 0 Å². The molecule has 1 aromatic heterocycles. The molecule has 0 spiro atoms. The fourth-order valence-electron chi connectivity index (χ4n) is 1.84. The molecule has 82 valence electrons. The largest absolute Gasteiger partial charge is 0.374 e. The fourth-order valence-corrected chi connectivity index (χ4v) is 1.84. The molecule has 1 aromatic rings.